The fraction of sp³-hybridized carbons (Fsp3) is 0.786. The van der Waals surface area contributed by atoms with Crippen molar-refractivity contribution >= 4 is 11.9 Å². The summed E-state index contributed by atoms with van der Waals surface area (Å²) < 4.78 is 5.50. The Hall–Kier alpha value is -1.59. The molecule has 1 aromatic heterocycles. The highest BCUT2D eigenvalue weighted by molar-refractivity contribution is 5.36. The molecule has 0 amide bonds. The van der Waals surface area contributed by atoms with Crippen LogP contribution in [0.25, 0.3) is 0 Å². The Morgan fingerprint density at radius 1 is 1.25 bits per heavy atom. The summed E-state index contributed by atoms with van der Waals surface area (Å²) in [5.41, 5.74) is 0.401. The van der Waals surface area contributed by atoms with Crippen LogP contribution >= 0.6 is 0 Å². The summed E-state index contributed by atoms with van der Waals surface area (Å²) in [4.78, 5) is 12.9. The Balaban J connectivity index is 2.06. The van der Waals surface area contributed by atoms with Crippen molar-refractivity contribution in [2.75, 3.05) is 24.3 Å². The van der Waals surface area contributed by atoms with Crippen LogP contribution in [0.3, 0.4) is 0 Å². The molecule has 112 valence electrons. The van der Waals surface area contributed by atoms with Crippen molar-refractivity contribution < 1.29 is 4.74 Å². The van der Waals surface area contributed by atoms with Crippen molar-refractivity contribution in [1.29, 1.82) is 0 Å². The standard InChI is InChI=1S/C14H25N5O/c1-5-8-20-13-18-11(15-4)17-12(19-13)16-10-6-7-14(2,3)9-10/h10H,5-9H2,1-4H3,(H2,15,16,17,18,19). The summed E-state index contributed by atoms with van der Waals surface area (Å²) in [5.74, 6) is 1.13. The molecule has 1 aliphatic rings. The molecule has 6 nitrogen and oxygen atoms in total. The summed E-state index contributed by atoms with van der Waals surface area (Å²) in [6, 6.07) is 0.807. The molecule has 6 heteroatoms. The molecular formula is C14H25N5O. The van der Waals surface area contributed by atoms with Crippen LogP contribution in [0.2, 0.25) is 0 Å². The molecule has 1 saturated carbocycles. The lowest BCUT2D eigenvalue weighted by atomic mass is 9.92. The topological polar surface area (TPSA) is 72.0 Å². The van der Waals surface area contributed by atoms with Gasteiger partial charge in [-0.3, -0.25) is 0 Å². The van der Waals surface area contributed by atoms with Gasteiger partial charge < -0.3 is 15.4 Å². The van der Waals surface area contributed by atoms with Gasteiger partial charge in [-0.2, -0.15) is 15.0 Å². The van der Waals surface area contributed by atoms with Crippen molar-refractivity contribution in [2.24, 2.45) is 5.41 Å². The van der Waals surface area contributed by atoms with E-state index < -0.39 is 0 Å². The first-order valence-corrected chi connectivity index (χ1v) is 7.35. The molecule has 1 unspecified atom stereocenters. The Morgan fingerprint density at radius 3 is 2.60 bits per heavy atom. The molecule has 0 spiro atoms. The minimum atomic E-state index is 0.381. The molecule has 0 aliphatic heterocycles. The Morgan fingerprint density at radius 2 is 2.00 bits per heavy atom. The van der Waals surface area contributed by atoms with Gasteiger partial charge in [0, 0.05) is 13.1 Å². The molecule has 20 heavy (non-hydrogen) atoms. The lowest BCUT2D eigenvalue weighted by molar-refractivity contribution is 0.292. The van der Waals surface area contributed by atoms with Gasteiger partial charge in [-0.1, -0.05) is 20.8 Å². The minimum absolute atomic E-state index is 0.381. The highest BCUT2D eigenvalue weighted by Gasteiger charge is 2.31. The Labute approximate surface area is 120 Å². The normalized spacial score (nSPS) is 20.7. The minimum Gasteiger partial charge on any atom is -0.463 e. The van der Waals surface area contributed by atoms with Gasteiger partial charge in [0.2, 0.25) is 11.9 Å². The molecule has 0 radical (unpaired) electrons. The molecule has 0 bridgehead atoms. The van der Waals surface area contributed by atoms with Crippen molar-refractivity contribution in [3.8, 4) is 6.01 Å². The molecule has 1 aliphatic carbocycles. The number of rotatable bonds is 6. The number of nitrogens with one attached hydrogen (secondary N) is 2. The molecule has 0 aromatic carbocycles. The van der Waals surface area contributed by atoms with Gasteiger partial charge >= 0.3 is 6.01 Å². The van der Waals surface area contributed by atoms with Crippen LogP contribution in [0.5, 0.6) is 6.01 Å². The third-order valence-electron chi connectivity index (χ3n) is 3.58. The fourth-order valence-corrected chi connectivity index (χ4v) is 2.53. The van der Waals surface area contributed by atoms with Crippen LogP contribution < -0.4 is 15.4 Å². The second kappa shape index (κ2) is 6.24. The van der Waals surface area contributed by atoms with E-state index in [0.717, 1.165) is 19.3 Å². The van der Waals surface area contributed by atoms with E-state index in [4.69, 9.17) is 4.74 Å². The molecule has 1 aromatic rings. The van der Waals surface area contributed by atoms with Crippen molar-refractivity contribution in [2.45, 2.75) is 52.5 Å². The zero-order chi connectivity index (χ0) is 14.6. The SMILES string of the molecule is CCCOc1nc(NC)nc(NC2CCC(C)(C)C2)n1. The predicted molar refractivity (Wildman–Crippen MR) is 80.2 cm³/mol. The van der Waals surface area contributed by atoms with E-state index in [1.54, 1.807) is 7.05 Å². The fourth-order valence-electron chi connectivity index (χ4n) is 2.53. The van der Waals surface area contributed by atoms with Gasteiger partial charge in [-0.15, -0.1) is 0 Å². The quantitative estimate of drug-likeness (QED) is 0.834. The lowest BCUT2D eigenvalue weighted by Crippen LogP contribution is -2.20. The van der Waals surface area contributed by atoms with Gasteiger partial charge in [0.25, 0.3) is 0 Å². The number of hydrogen-bond donors (Lipinski definition) is 2. The van der Waals surface area contributed by atoms with Gasteiger partial charge in [-0.25, -0.2) is 0 Å². The third-order valence-corrected chi connectivity index (χ3v) is 3.58. The van der Waals surface area contributed by atoms with E-state index in [1.807, 2.05) is 0 Å². The molecule has 2 rings (SSSR count). The number of ether oxygens (including phenoxy) is 1. The molecular weight excluding hydrogens is 254 g/mol. The molecule has 0 saturated heterocycles. The average molecular weight is 279 g/mol. The maximum absolute atomic E-state index is 5.50. The first kappa shape index (κ1) is 14.8. The average Bonchev–Trinajstić information content (AvgIpc) is 2.75. The zero-order valence-electron chi connectivity index (χ0n) is 12.9. The van der Waals surface area contributed by atoms with E-state index in [0.29, 0.717) is 36.0 Å². The first-order chi connectivity index (χ1) is 9.52. The van der Waals surface area contributed by atoms with Crippen molar-refractivity contribution in [3.05, 3.63) is 0 Å². The van der Waals surface area contributed by atoms with Crippen LogP contribution in [-0.4, -0.2) is 34.6 Å². The number of nitrogens with zero attached hydrogens (tertiary/aromatic N) is 3. The monoisotopic (exact) mass is 279 g/mol. The van der Waals surface area contributed by atoms with E-state index in [-0.39, 0.29) is 0 Å². The summed E-state index contributed by atoms with van der Waals surface area (Å²) in [7, 11) is 1.79. The number of anilines is 2. The zero-order valence-corrected chi connectivity index (χ0v) is 12.9. The van der Waals surface area contributed by atoms with E-state index in [1.165, 1.54) is 6.42 Å². The maximum atomic E-state index is 5.50. The van der Waals surface area contributed by atoms with E-state index in [9.17, 15) is 0 Å². The predicted octanol–water partition coefficient (Wildman–Crippen LogP) is 2.69. The van der Waals surface area contributed by atoms with Crippen molar-refractivity contribution in [1.82, 2.24) is 15.0 Å². The molecule has 2 N–H and O–H groups in total. The molecule has 1 fully saturated rings. The van der Waals surface area contributed by atoms with Gasteiger partial charge in [0.05, 0.1) is 6.61 Å². The van der Waals surface area contributed by atoms with Gasteiger partial charge in [-0.05, 0) is 31.1 Å². The van der Waals surface area contributed by atoms with Crippen LogP contribution in [0.15, 0.2) is 0 Å². The van der Waals surface area contributed by atoms with Crippen LogP contribution in [-0.2, 0) is 0 Å². The van der Waals surface area contributed by atoms with E-state index >= 15 is 0 Å². The largest absolute Gasteiger partial charge is 0.463 e. The lowest BCUT2D eigenvalue weighted by Gasteiger charge is -2.18. The number of hydrogen-bond acceptors (Lipinski definition) is 6. The summed E-state index contributed by atoms with van der Waals surface area (Å²) in [5, 5.41) is 6.35. The second-order valence-corrected chi connectivity index (χ2v) is 6.11. The summed E-state index contributed by atoms with van der Waals surface area (Å²) >= 11 is 0. The Kier molecular flexibility index (Phi) is 4.62. The van der Waals surface area contributed by atoms with Crippen LogP contribution in [0.4, 0.5) is 11.9 Å². The highest BCUT2D eigenvalue weighted by Crippen LogP contribution is 2.38. The maximum Gasteiger partial charge on any atom is 0.323 e. The second-order valence-electron chi connectivity index (χ2n) is 6.11. The summed E-state index contributed by atoms with van der Waals surface area (Å²) in [6.07, 6.45) is 4.45. The van der Waals surface area contributed by atoms with Gasteiger partial charge in [0.1, 0.15) is 0 Å². The highest BCUT2D eigenvalue weighted by atomic mass is 16.5. The van der Waals surface area contributed by atoms with Gasteiger partial charge in [0.15, 0.2) is 0 Å². The molecule has 1 atom stereocenters. The van der Waals surface area contributed by atoms with Crippen molar-refractivity contribution in [3.63, 3.8) is 0 Å². The smallest absolute Gasteiger partial charge is 0.323 e. The Bertz CT molecular complexity index is 449. The number of aromatic nitrogens is 3. The molecule has 1 heterocycles. The van der Waals surface area contributed by atoms with Crippen LogP contribution in [0, 0.1) is 5.41 Å². The third kappa shape index (κ3) is 3.95. The van der Waals surface area contributed by atoms with Crippen LogP contribution in [0.1, 0.15) is 46.5 Å². The van der Waals surface area contributed by atoms with E-state index in [2.05, 4.69) is 46.4 Å². The summed E-state index contributed by atoms with van der Waals surface area (Å²) in [6.45, 7) is 7.27. The first-order valence-electron chi connectivity index (χ1n) is 7.35.